The number of hydrogen-bond donors (Lipinski definition) is 1. The predicted octanol–water partition coefficient (Wildman–Crippen LogP) is 2.57. The molecule has 1 N–H and O–H groups in total. The molecule has 0 saturated carbocycles. The number of ether oxygens (including phenoxy) is 1. The summed E-state index contributed by atoms with van der Waals surface area (Å²) in [4.78, 5) is 10.3. The summed E-state index contributed by atoms with van der Waals surface area (Å²) in [7, 11) is 1.62. The fraction of sp³-hybridized carbons (Fsp3) is 0.250. The van der Waals surface area contributed by atoms with Crippen molar-refractivity contribution in [3.8, 4) is 5.75 Å². The largest absolute Gasteiger partial charge is 0.497 e. The highest BCUT2D eigenvalue weighted by Gasteiger charge is 1.93. The summed E-state index contributed by atoms with van der Waals surface area (Å²) in [6, 6.07) is 7.61. The molecule has 0 aliphatic heterocycles. The lowest BCUT2D eigenvalue weighted by Gasteiger charge is -1.99. The van der Waals surface area contributed by atoms with Gasteiger partial charge in [-0.1, -0.05) is 24.3 Å². The van der Waals surface area contributed by atoms with E-state index < -0.39 is 5.97 Å². The van der Waals surface area contributed by atoms with Gasteiger partial charge in [-0.15, -0.1) is 0 Å². The van der Waals surface area contributed by atoms with Gasteiger partial charge in [-0.3, -0.25) is 4.79 Å². The van der Waals surface area contributed by atoms with Gasteiger partial charge in [0.05, 0.1) is 7.11 Å². The minimum absolute atomic E-state index is 0.167. The third kappa shape index (κ3) is 4.31. The number of carbonyl (C=O) groups is 1. The summed E-state index contributed by atoms with van der Waals surface area (Å²) in [5.74, 6) is 0.0284. The fourth-order valence-corrected chi connectivity index (χ4v) is 1.17. The van der Waals surface area contributed by atoms with E-state index in [1.54, 1.807) is 7.11 Å². The standard InChI is InChI=1S/C12H14O3/c1-15-11-7-4-6-10(9-11)5-2-3-8-12(13)14/h2,4-7,9H,3,8H2,1H3,(H,13,14)/b5-2+. The Morgan fingerprint density at radius 2 is 2.33 bits per heavy atom. The molecular weight excluding hydrogens is 192 g/mol. The highest BCUT2D eigenvalue weighted by molar-refractivity contribution is 5.67. The minimum atomic E-state index is -0.773. The van der Waals surface area contributed by atoms with Crippen molar-refractivity contribution in [1.29, 1.82) is 0 Å². The molecule has 0 saturated heterocycles. The van der Waals surface area contributed by atoms with E-state index in [1.807, 2.05) is 36.4 Å². The summed E-state index contributed by atoms with van der Waals surface area (Å²) in [6.45, 7) is 0. The van der Waals surface area contributed by atoms with Crippen LogP contribution in [0.1, 0.15) is 18.4 Å². The lowest BCUT2D eigenvalue weighted by molar-refractivity contribution is -0.136. The molecule has 3 heteroatoms. The molecule has 0 radical (unpaired) electrons. The van der Waals surface area contributed by atoms with Crippen LogP contribution < -0.4 is 4.74 Å². The highest BCUT2D eigenvalue weighted by atomic mass is 16.5. The number of benzene rings is 1. The molecule has 1 rings (SSSR count). The van der Waals surface area contributed by atoms with Crippen molar-refractivity contribution < 1.29 is 14.6 Å². The van der Waals surface area contributed by atoms with E-state index >= 15 is 0 Å². The van der Waals surface area contributed by atoms with Crippen LogP contribution in [-0.2, 0) is 4.79 Å². The maximum atomic E-state index is 10.3. The van der Waals surface area contributed by atoms with E-state index in [1.165, 1.54) is 0 Å². The first kappa shape index (κ1) is 11.3. The molecule has 0 atom stereocenters. The van der Waals surface area contributed by atoms with Gasteiger partial charge in [-0.25, -0.2) is 0 Å². The molecule has 0 fully saturated rings. The molecule has 1 aromatic rings. The Bertz CT molecular complexity index is 356. The molecule has 0 bridgehead atoms. The Morgan fingerprint density at radius 3 is 3.00 bits per heavy atom. The van der Waals surface area contributed by atoms with E-state index in [2.05, 4.69) is 0 Å². The number of carboxylic acid groups (broad SMARTS) is 1. The lowest BCUT2D eigenvalue weighted by atomic mass is 10.2. The van der Waals surface area contributed by atoms with E-state index in [4.69, 9.17) is 9.84 Å². The van der Waals surface area contributed by atoms with Gasteiger partial charge in [-0.2, -0.15) is 0 Å². The van der Waals surface area contributed by atoms with Crippen LogP contribution in [0.3, 0.4) is 0 Å². The normalized spacial score (nSPS) is 10.5. The van der Waals surface area contributed by atoms with Crippen LogP contribution in [-0.4, -0.2) is 18.2 Å². The summed E-state index contributed by atoms with van der Waals surface area (Å²) < 4.78 is 5.07. The van der Waals surface area contributed by atoms with E-state index in [0.29, 0.717) is 6.42 Å². The van der Waals surface area contributed by atoms with Gasteiger partial charge >= 0.3 is 5.97 Å². The van der Waals surface area contributed by atoms with Crippen LogP contribution in [0.2, 0.25) is 0 Å². The molecule has 0 amide bonds. The van der Waals surface area contributed by atoms with Crippen molar-refractivity contribution in [2.24, 2.45) is 0 Å². The van der Waals surface area contributed by atoms with Crippen molar-refractivity contribution in [1.82, 2.24) is 0 Å². The Hall–Kier alpha value is -1.77. The van der Waals surface area contributed by atoms with E-state index in [0.717, 1.165) is 11.3 Å². The molecule has 0 aromatic heterocycles. The third-order valence-corrected chi connectivity index (χ3v) is 1.93. The Balaban J connectivity index is 2.52. The van der Waals surface area contributed by atoms with E-state index in [9.17, 15) is 4.79 Å². The Labute approximate surface area is 89.0 Å². The summed E-state index contributed by atoms with van der Waals surface area (Å²) >= 11 is 0. The molecule has 0 heterocycles. The van der Waals surface area contributed by atoms with Crippen molar-refractivity contribution in [2.75, 3.05) is 7.11 Å². The topological polar surface area (TPSA) is 46.5 Å². The van der Waals surface area contributed by atoms with Crippen molar-refractivity contribution >= 4 is 12.0 Å². The molecule has 0 unspecified atom stereocenters. The van der Waals surface area contributed by atoms with Crippen LogP contribution >= 0.6 is 0 Å². The smallest absolute Gasteiger partial charge is 0.303 e. The van der Waals surface area contributed by atoms with Gasteiger partial charge in [0.15, 0.2) is 0 Å². The number of rotatable bonds is 5. The zero-order valence-electron chi connectivity index (χ0n) is 8.64. The second-order valence-corrected chi connectivity index (χ2v) is 3.11. The zero-order chi connectivity index (χ0) is 11.1. The third-order valence-electron chi connectivity index (χ3n) is 1.93. The molecule has 0 spiro atoms. The van der Waals surface area contributed by atoms with Crippen LogP contribution in [0, 0.1) is 0 Å². The number of allylic oxidation sites excluding steroid dienone is 1. The van der Waals surface area contributed by atoms with E-state index in [-0.39, 0.29) is 6.42 Å². The monoisotopic (exact) mass is 206 g/mol. The first-order chi connectivity index (χ1) is 7.22. The number of methoxy groups -OCH3 is 1. The maximum absolute atomic E-state index is 10.3. The van der Waals surface area contributed by atoms with Gasteiger partial charge in [0.1, 0.15) is 5.75 Å². The first-order valence-electron chi connectivity index (χ1n) is 4.75. The average Bonchev–Trinajstić information content (AvgIpc) is 2.24. The molecule has 0 aliphatic rings. The second-order valence-electron chi connectivity index (χ2n) is 3.11. The highest BCUT2D eigenvalue weighted by Crippen LogP contribution is 2.13. The molecule has 1 aromatic carbocycles. The summed E-state index contributed by atoms with van der Waals surface area (Å²) in [5.41, 5.74) is 1.01. The fourth-order valence-electron chi connectivity index (χ4n) is 1.17. The van der Waals surface area contributed by atoms with Gasteiger partial charge in [-0.05, 0) is 24.1 Å². The van der Waals surface area contributed by atoms with Crippen LogP contribution in [0.25, 0.3) is 6.08 Å². The molecule has 0 aliphatic carbocycles. The minimum Gasteiger partial charge on any atom is -0.497 e. The molecule has 80 valence electrons. The first-order valence-corrected chi connectivity index (χ1v) is 4.75. The Morgan fingerprint density at radius 1 is 1.53 bits per heavy atom. The van der Waals surface area contributed by atoms with Crippen molar-refractivity contribution in [3.63, 3.8) is 0 Å². The summed E-state index contributed by atoms with van der Waals surface area (Å²) in [5, 5.41) is 8.44. The maximum Gasteiger partial charge on any atom is 0.303 e. The summed E-state index contributed by atoms with van der Waals surface area (Å²) in [6.07, 6.45) is 4.46. The van der Waals surface area contributed by atoms with Crippen LogP contribution in [0.5, 0.6) is 5.75 Å². The quantitative estimate of drug-likeness (QED) is 0.805. The average molecular weight is 206 g/mol. The van der Waals surface area contributed by atoms with Gasteiger partial charge in [0.25, 0.3) is 0 Å². The lowest BCUT2D eigenvalue weighted by Crippen LogP contribution is -1.91. The number of hydrogen-bond acceptors (Lipinski definition) is 2. The van der Waals surface area contributed by atoms with Crippen molar-refractivity contribution in [3.05, 3.63) is 35.9 Å². The van der Waals surface area contributed by atoms with Gasteiger partial charge in [0.2, 0.25) is 0 Å². The molecule has 15 heavy (non-hydrogen) atoms. The van der Waals surface area contributed by atoms with Gasteiger partial charge < -0.3 is 9.84 Å². The predicted molar refractivity (Wildman–Crippen MR) is 58.9 cm³/mol. The molecular formula is C12H14O3. The zero-order valence-corrected chi connectivity index (χ0v) is 8.64. The van der Waals surface area contributed by atoms with Gasteiger partial charge in [0, 0.05) is 6.42 Å². The SMILES string of the molecule is COc1cccc(/C=C/CCC(=O)O)c1. The molecule has 3 nitrogen and oxygen atoms in total. The van der Waals surface area contributed by atoms with Crippen LogP contribution in [0.4, 0.5) is 0 Å². The van der Waals surface area contributed by atoms with Crippen LogP contribution in [0.15, 0.2) is 30.3 Å². The number of carboxylic acids is 1. The Kier molecular flexibility index (Phi) is 4.41. The second kappa shape index (κ2) is 5.86. The number of aliphatic carboxylic acids is 1. The van der Waals surface area contributed by atoms with Crippen molar-refractivity contribution in [2.45, 2.75) is 12.8 Å².